The lowest BCUT2D eigenvalue weighted by Gasteiger charge is -2.20. The Morgan fingerprint density at radius 2 is 1.76 bits per heavy atom. The number of hydrogen-bond donors (Lipinski definition) is 1. The predicted octanol–water partition coefficient (Wildman–Crippen LogP) is 5.05. The Balaban J connectivity index is 1.55. The van der Waals surface area contributed by atoms with Gasteiger partial charge in [0.15, 0.2) is 0 Å². The molecule has 2 aliphatic rings. The van der Waals surface area contributed by atoms with E-state index in [9.17, 15) is 0 Å². The fraction of sp³-hybridized carbons (Fsp3) is 0.400. The molecule has 1 fully saturated rings. The van der Waals surface area contributed by atoms with Crippen molar-refractivity contribution < 1.29 is 0 Å². The first-order valence-corrected chi connectivity index (χ1v) is 8.34. The van der Waals surface area contributed by atoms with E-state index in [1.165, 1.54) is 49.8 Å². The van der Waals surface area contributed by atoms with Crippen molar-refractivity contribution in [3.05, 3.63) is 64.7 Å². The third kappa shape index (κ3) is 2.70. The minimum atomic E-state index is 0.827. The van der Waals surface area contributed by atoms with E-state index in [-0.39, 0.29) is 0 Å². The van der Waals surface area contributed by atoms with E-state index in [1.807, 2.05) is 0 Å². The quantitative estimate of drug-likeness (QED) is 0.824. The molecule has 0 radical (unpaired) electrons. The Morgan fingerprint density at radius 3 is 2.67 bits per heavy atom. The summed E-state index contributed by atoms with van der Waals surface area (Å²) in [5, 5.41) is 3.71. The van der Waals surface area contributed by atoms with Crippen LogP contribution in [-0.2, 0) is 19.4 Å². The summed E-state index contributed by atoms with van der Waals surface area (Å²) >= 11 is 0. The van der Waals surface area contributed by atoms with Crippen LogP contribution in [0.25, 0.3) is 0 Å². The van der Waals surface area contributed by atoms with Crippen LogP contribution in [0.4, 0.5) is 5.69 Å². The molecule has 4 rings (SSSR count). The van der Waals surface area contributed by atoms with Crippen LogP contribution >= 0.6 is 0 Å². The molecule has 0 aromatic heterocycles. The van der Waals surface area contributed by atoms with Gasteiger partial charge in [-0.2, -0.15) is 0 Å². The van der Waals surface area contributed by atoms with Gasteiger partial charge in [-0.05, 0) is 72.8 Å². The molecular formula is C20H23N. The van der Waals surface area contributed by atoms with Crippen LogP contribution in [0, 0.1) is 0 Å². The van der Waals surface area contributed by atoms with Crippen LogP contribution in [0.5, 0.6) is 0 Å². The molecule has 1 saturated carbocycles. The van der Waals surface area contributed by atoms with Gasteiger partial charge in [0.1, 0.15) is 0 Å². The zero-order chi connectivity index (χ0) is 14.1. The number of aryl methyl sites for hydroxylation is 1. The van der Waals surface area contributed by atoms with Crippen LogP contribution in [0.3, 0.4) is 0 Å². The SMILES string of the molecule is c1ccc(C2CC2)c(CNc2cccc3c2CCCC3)c1. The molecule has 1 heteroatoms. The van der Waals surface area contributed by atoms with Crippen molar-refractivity contribution in [1.82, 2.24) is 0 Å². The molecular weight excluding hydrogens is 254 g/mol. The molecule has 1 N–H and O–H groups in total. The maximum Gasteiger partial charge on any atom is 0.0403 e. The van der Waals surface area contributed by atoms with Gasteiger partial charge < -0.3 is 5.32 Å². The molecule has 1 nitrogen and oxygen atoms in total. The lowest BCUT2D eigenvalue weighted by molar-refractivity contribution is 0.686. The van der Waals surface area contributed by atoms with E-state index >= 15 is 0 Å². The molecule has 0 amide bonds. The van der Waals surface area contributed by atoms with E-state index in [4.69, 9.17) is 0 Å². The monoisotopic (exact) mass is 277 g/mol. The standard InChI is InChI=1S/C20H23N/c1-4-10-19-15(6-1)8-5-11-20(19)21-14-17-7-2-3-9-18(17)16-12-13-16/h2-3,5,7-9,11,16,21H,1,4,6,10,12-14H2. The van der Waals surface area contributed by atoms with Crippen molar-refractivity contribution in [3.8, 4) is 0 Å². The average Bonchev–Trinajstić information content (AvgIpc) is 3.38. The third-order valence-corrected chi connectivity index (χ3v) is 4.94. The van der Waals surface area contributed by atoms with Crippen molar-refractivity contribution in [2.75, 3.05) is 5.32 Å². The zero-order valence-electron chi connectivity index (χ0n) is 12.6. The summed E-state index contributed by atoms with van der Waals surface area (Å²) in [6.07, 6.45) is 7.92. The Kier molecular flexibility index (Phi) is 3.42. The highest BCUT2D eigenvalue weighted by Gasteiger charge is 2.25. The maximum absolute atomic E-state index is 3.71. The van der Waals surface area contributed by atoms with E-state index in [2.05, 4.69) is 47.8 Å². The predicted molar refractivity (Wildman–Crippen MR) is 88.8 cm³/mol. The number of benzene rings is 2. The molecule has 0 atom stereocenters. The summed E-state index contributed by atoms with van der Waals surface area (Å²) in [7, 11) is 0. The first-order valence-electron chi connectivity index (χ1n) is 8.34. The molecule has 0 unspecified atom stereocenters. The van der Waals surface area contributed by atoms with Gasteiger partial charge >= 0.3 is 0 Å². The molecule has 0 aliphatic heterocycles. The normalized spacial score (nSPS) is 17.3. The Labute approximate surface area is 127 Å². The number of nitrogens with one attached hydrogen (secondary N) is 1. The Morgan fingerprint density at radius 1 is 0.905 bits per heavy atom. The second-order valence-electron chi connectivity index (χ2n) is 6.48. The van der Waals surface area contributed by atoms with Gasteiger partial charge in [0, 0.05) is 12.2 Å². The first-order chi connectivity index (χ1) is 10.4. The van der Waals surface area contributed by atoms with Crippen LogP contribution in [-0.4, -0.2) is 0 Å². The molecule has 2 aliphatic carbocycles. The first kappa shape index (κ1) is 12.9. The van der Waals surface area contributed by atoms with Gasteiger partial charge in [0.05, 0.1) is 0 Å². The molecule has 0 bridgehead atoms. The second kappa shape index (κ2) is 5.55. The second-order valence-corrected chi connectivity index (χ2v) is 6.48. The number of anilines is 1. The van der Waals surface area contributed by atoms with Gasteiger partial charge in [-0.3, -0.25) is 0 Å². The highest BCUT2D eigenvalue weighted by atomic mass is 14.9. The van der Waals surface area contributed by atoms with Gasteiger partial charge in [-0.25, -0.2) is 0 Å². The van der Waals surface area contributed by atoms with Crippen molar-refractivity contribution in [2.24, 2.45) is 0 Å². The van der Waals surface area contributed by atoms with E-state index in [1.54, 1.807) is 16.7 Å². The van der Waals surface area contributed by atoms with Gasteiger partial charge in [0.25, 0.3) is 0 Å². The molecule has 2 aromatic rings. The summed E-state index contributed by atoms with van der Waals surface area (Å²) in [4.78, 5) is 0. The lowest BCUT2D eigenvalue weighted by atomic mass is 9.90. The summed E-state index contributed by atoms with van der Waals surface area (Å²) < 4.78 is 0. The Bertz CT molecular complexity index is 640. The van der Waals surface area contributed by atoms with Gasteiger partial charge in [-0.15, -0.1) is 0 Å². The molecule has 0 spiro atoms. The maximum atomic E-state index is 3.71. The van der Waals surface area contributed by atoms with Crippen LogP contribution < -0.4 is 5.32 Å². The average molecular weight is 277 g/mol. The van der Waals surface area contributed by atoms with Gasteiger partial charge in [0.2, 0.25) is 0 Å². The topological polar surface area (TPSA) is 12.0 Å². The van der Waals surface area contributed by atoms with Crippen LogP contribution in [0.2, 0.25) is 0 Å². The fourth-order valence-corrected chi connectivity index (χ4v) is 3.63. The molecule has 0 saturated heterocycles. The minimum Gasteiger partial charge on any atom is -0.381 e. The molecule has 0 heterocycles. The summed E-state index contributed by atoms with van der Waals surface area (Å²) in [5.74, 6) is 0.827. The van der Waals surface area contributed by atoms with E-state index < -0.39 is 0 Å². The number of fused-ring (bicyclic) bond motifs is 1. The van der Waals surface area contributed by atoms with Gasteiger partial charge in [-0.1, -0.05) is 36.4 Å². The van der Waals surface area contributed by atoms with Crippen molar-refractivity contribution in [3.63, 3.8) is 0 Å². The molecule has 108 valence electrons. The van der Waals surface area contributed by atoms with E-state index in [0.29, 0.717) is 0 Å². The highest BCUT2D eigenvalue weighted by Crippen LogP contribution is 2.41. The largest absolute Gasteiger partial charge is 0.381 e. The van der Waals surface area contributed by atoms with Crippen LogP contribution in [0.1, 0.15) is 53.9 Å². The summed E-state index contributed by atoms with van der Waals surface area (Å²) in [5.41, 5.74) is 7.52. The lowest BCUT2D eigenvalue weighted by Crippen LogP contribution is -2.09. The third-order valence-electron chi connectivity index (χ3n) is 4.94. The van der Waals surface area contributed by atoms with Crippen LogP contribution in [0.15, 0.2) is 42.5 Å². The fourth-order valence-electron chi connectivity index (χ4n) is 3.63. The molecule has 2 aromatic carbocycles. The zero-order valence-corrected chi connectivity index (χ0v) is 12.6. The minimum absolute atomic E-state index is 0.827. The van der Waals surface area contributed by atoms with Crippen molar-refractivity contribution in [2.45, 2.75) is 51.0 Å². The number of rotatable bonds is 4. The van der Waals surface area contributed by atoms with E-state index in [0.717, 1.165) is 12.5 Å². The highest BCUT2D eigenvalue weighted by molar-refractivity contribution is 5.56. The number of hydrogen-bond acceptors (Lipinski definition) is 1. The Hall–Kier alpha value is -1.76. The molecule has 21 heavy (non-hydrogen) atoms. The summed E-state index contributed by atoms with van der Waals surface area (Å²) in [6, 6.07) is 15.7. The van der Waals surface area contributed by atoms with Crippen molar-refractivity contribution in [1.29, 1.82) is 0 Å². The smallest absolute Gasteiger partial charge is 0.0403 e. The summed E-state index contributed by atoms with van der Waals surface area (Å²) in [6.45, 7) is 0.961. The van der Waals surface area contributed by atoms with Crippen molar-refractivity contribution >= 4 is 5.69 Å².